The summed E-state index contributed by atoms with van der Waals surface area (Å²) in [5.41, 5.74) is 1.14. The van der Waals surface area contributed by atoms with E-state index in [1.54, 1.807) is 18.0 Å². The molecule has 116 valence electrons. The number of imidazole rings is 1. The van der Waals surface area contributed by atoms with E-state index in [1.165, 1.54) is 0 Å². The van der Waals surface area contributed by atoms with Crippen LogP contribution < -0.4 is 0 Å². The summed E-state index contributed by atoms with van der Waals surface area (Å²) in [6, 6.07) is 9.61. The molecule has 1 aliphatic rings. The third-order valence-corrected chi connectivity index (χ3v) is 5.32. The van der Waals surface area contributed by atoms with E-state index >= 15 is 0 Å². The summed E-state index contributed by atoms with van der Waals surface area (Å²) in [6.07, 6.45) is 3.71. The number of carbonyl (C=O) groups is 1. The summed E-state index contributed by atoms with van der Waals surface area (Å²) in [5, 5.41) is 9.58. The number of nitrogens with zero attached hydrogens (tertiary/aromatic N) is 3. The average molecular weight is 317 g/mol. The SMILES string of the molecule is CCn1ccnc1CN1C(C(=O)O)CSC1c1ccccc1. The van der Waals surface area contributed by atoms with Gasteiger partial charge in [-0.25, -0.2) is 4.98 Å². The number of hydrogen-bond acceptors (Lipinski definition) is 4. The highest BCUT2D eigenvalue weighted by Gasteiger charge is 2.39. The van der Waals surface area contributed by atoms with Crippen molar-refractivity contribution in [2.75, 3.05) is 5.75 Å². The molecule has 0 saturated carbocycles. The minimum Gasteiger partial charge on any atom is -0.480 e. The molecule has 5 nitrogen and oxygen atoms in total. The molecular weight excluding hydrogens is 298 g/mol. The summed E-state index contributed by atoms with van der Waals surface area (Å²) in [4.78, 5) is 18.0. The number of aromatic nitrogens is 2. The Morgan fingerprint density at radius 3 is 2.86 bits per heavy atom. The maximum atomic E-state index is 11.6. The van der Waals surface area contributed by atoms with Crippen molar-refractivity contribution in [2.45, 2.75) is 31.4 Å². The van der Waals surface area contributed by atoms with E-state index in [9.17, 15) is 9.90 Å². The van der Waals surface area contributed by atoms with E-state index < -0.39 is 12.0 Å². The lowest BCUT2D eigenvalue weighted by Gasteiger charge is -2.27. The highest BCUT2D eigenvalue weighted by atomic mass is 32.2. The lowest BCUT2D eigenvalue weighted by atomic mass is 10.1. The van der Waals surface area contributed by atoms with Crippen LogP contribution in [0.3, 0.4) is 0 Å². The monoisotopic (exact) mass is 317 g/mol. The predicted molar refractivity (Wildman–Crippen MR) is 86.5 cm³/mol. The van der Waals surface area contributed by atoms with Gasteiger partial charge in [-0.1, -0.05) is 30.3 Å². The Labute approximate surface area is 134 Å². The van der Waals surface area contributed by atoms with Crippen LogP contribution in [0.2, 0.25) is 0 Å². The van der Waals surface area contributed by atoms with Crippen molar-refractivity contribution in [3.63, 3.8) is 0 Å². The zero-order valence-electron chi connectivity index (χ0n) is 12.4. The Kier molecular flexibility index (Phi) is 4.49. The van der Waals surface area contributed by atoms with Gasteiger partial charge in [0.15, 0.2) is 0 Å². The summed E-state index contributed by atoms with van der Waals surface area (Å²) in [5.74, 6) is 0.750. The lowest BCUT2D eigenvalue weighted by molar-refractivity contribution is -0.142. The molecule has 2 aromatic rings. The van der Waals surface area contributed by atoms with Gasteiger partial charge in [0.1, 0.15) is 11.9 Å². The van der Waals surface area contributed by atoms with Crippen molar-refractivity contribution in [3.8, 4) is 0 Å². The number of carboxylic acids is 1. The Balaban J connectivity index is 1.89. The quantitative estimate of drug-likeness (QED) is 0.918. The van der Waals surface area contributed by atoms with Crippen LogP contribution in [0.15, 0.2) is 42.7 Å². The average Bonchev–Trinajstić information content (AvgIpc) is 3.15. The van der Waals surface area contributed by atoms with Crippen molar-refractivity contribution in [1.29, 1.82) is 0 Å². The molecule has 0 radical (unpaired) electrons. The normalized spacial score (nSPS) is 22.0. The van der Waals surface area contributed by atoms with Gasteiger partial charge < -0.3 is 9.67 Å². The summed E-state index contributed by atoms with van der Waals surface area (Å²) in [6.45, 7) is 3.45. The standard InChI is InChI=1S/C16H19N3O2S/c1-2-18-9-8-17-14(18)10-19-13(16(20)21)11-22-15(19)12-6-4-3-5-7-12/h3-9,13,15H,2,10-11H2,1H3,(H,20,21). The summed E-state index contributed by atoms with van der Waals surface area (Å²) < 4.78 is 2.06. The third-order valence-electron chi connectivity index (χ3n) is 3.95. The molecule has 1 fully saturated rings. The number of aliphatic carboxylic acids is 1. The van der Waals surface area contributed by atoms with Crippen LogP contribution in [0.4, 0.5) is 0 Å². The molecule has 1 aromatic heterocycles. The zero-order valence-corrected chi connectivity index (χ0v) is 13.2. The number of benzene rings is 1. The molecule has 6 heteroatoms. The van der Waals surface area contributed by atoms with Crippen LogP contribution in [0.5, 0.6) is 0 Å². The van der Waals surface area contributed by atoms with E-state index in [2.05, 4.69) is 28.6 Å². The van der Waals surface area contributed by atoms with Gasteiger partial charge in [-0.05, 0) is 12.5 Å². The Hall–Kier alpha value is -1.79. The third kappa shape index (κ3) is 2.89. The minimum atomic E-state index is -0.763. The van der Waals surface area contributed by atoms with Gasteiger partial charge in [0.25, 0.3) is 0 Å². The molecule has 2 heterocycles. The second-order valence-electron chi connectivity index (χ2n) is 5.25. The first-order valence-electron chi connectivity index (χ1n) is 7.35. The number of rotatable bonds is 5. The molecule has 2 atom stereocenters. The van der Waals surface area contributed by atoms with Crippen molar-refractivity contribution in [3.05, 3.63) is 54.1 Å². The first kappa shape index (κ1) is 15.1. The molecule has 1 aliphatic heterocycles. The number of aryl methyl sites for hydroxylation is 1. The van der Waals surface area contributed by atoms with Crippen molar-refractivity contribution < 1.29 is 9.90 Å². The van der Waals surface area contributed by atoms with Gasteiger partial charge in [-0.3, -0.25) is 9.69 Å². The Morgan fingerprint density at radius 2 is 2.18 bits per heavy atom. The van der Waals surface area contributed by atoms with Crippen LogP contribution in [0.25, 0.3) is 0 Å². The van der Waals surface area contributed by atoms with E-state index in [0.717, 1.165) is 17.9 Å². The van der Waals surface area contributed by atoms with Gasteiger partial charge in [-0.2, -0.15) is 0 Å². The molecule has 0 aliphatic carbocycles. The van der Waals surface area contributed by atoms with Gasteiger partial charge in [0.2, 0.25) is 0 Å². The molecule has 1 N–H and O–H groups in total. The molecule has 0 amide bonds. The smallest absolute Gasteiger partial charge is 0.321 e. The van der Waals surface area contributed by atoms with Crippen LogP contribution in [-0.4, -0.2) is 37.3 Å². The second-order valence-corrected chi connectivity index (χ2v) is 6.37. The van der Waals surface area contributed by atoms with Gasteiger partial charge in [0.05, 0.1) is 11.9 Å². The van der Waals surface area contributed by atoms with Crippen LogP contribution in [0, 0.1) is 0 Å². The van der Waals surface area contributed by atoms with E-state index in [1.807, 2.05) is 29.3 Å². The van der Waals surface area contributed by atoms with Crippen molar-refractivity contribution in [1.82, 2.24) is 14.5 Å². The first-order valence-corrected chi connectivity index (χ1v) is 8.40. The van der Waals surface area contributed by atoms with Gasteiger partial charge in [-0.15, -0.1) is 11.8 Å². The maximum Gasteiger partial charge on any atom is 0.321 e. The van der Waals surface area contributed by atoms with E-state index in [-0.39, 0.29) is 5.37 Å². The van der Waals surface area contributed by atoms with E-state index in [4.69, 9.17) is 0 Å². The first-order chi connectivity index (χ1) is 10.7. The summed E-state index contributed by atoms with van der Waals surface area (Å²) in [7, 11) is 0. The lowest BCUT2D eigenvalue weighted by Crippen LogP contribution is -2.39. The summed E-state index contributed by atoms with van der Waals surface area (Å²) >= 11 is 1.68. The zero-order chi connectivity index (χ0) is 15.5. The van der Waals surface area contributed by atoms with Crippen molar-refractivity contribution >= 4 is 17.7 Å². The Morgan fingerprint density at radius 1 is 1.41 bits per heavy atom. The highest BCUT2D eigenvalue weighted by Crippen LogP contribution is 2.42. The van der Waals surface area contributed by atoms with E-state index in [0.29, 0.717) is 12.3 Å². The largest absolute Gasteiger partial charge is 0.480 e. The fourth-order valence-corrected chi connectivity index (χ4v) is 4.25. The van der Waals surface area contributed by atoms with Crippen LogP contribution in [0.1, 0.15) is 23.7 Å². The fourth-order valence-electron chi connectivity index (χ4n) is 2.79. The second kappa shape index (κ2) is 6.54. The molecule has 1 aromatic carbocycles. The molecule has 0 spiro atoms. The Bertz CT molecular complexity index is 644. The number of hydrogen-bond donors (Lipinski definition) is 1. The topological polar surface area (TPSA) is 58.4 Å². The van der Waals surface area contributed by atoms with Gasteiger partial charge >= 0.3 is 5.97 Å². The fraction of sp³-hybridized carbons (Fsp3) is 0.375. The molecule has 3 rings (SSSR count). The molecule has 2 unspecified atom stereocenters. The van der Waals surface area contributed by atoms with Crippen molar-refractivity contribution in [2.24, 2.45) is 0 Å². The maximum absolute atomic E-state index is 11.6. The van der Waals surface area contributed by atoms with Crippen LogP contribution in [-0.2, 0) is 17.9 Å². The molecular formula is C16H19N3O2S. The van der Waals surface area contributed by atoms with Gasteiger partial charge in [0, 0.05) is 24.7 Å². The van der Waals surface area contributed by atoms with Crippen LogP contribution >= 0.6 is 11.8 Å². The number of carboxylic acid groups (broad SMARTS) is 1. The number of thioether (sulfide) groups is 1. The molecule has 0 bridgehead atoms. The molecule has 22 heavy (non-hydrogen) atoms. The highest BCUT2D eigenvalue weighted by molar-refractivity contribution is 7.99. The minimum absolute atomic E-state index is 0.0595. The predicted octanol–water partition coefficient (Wildman–Crippen LogP) is 2.60. The molecule has 1 saturated heterocycles.